The number of phenols is 1. The van der Waals surface area contributed by atoms with Gasteiger partial charge in [-0.3, -0.25) is 4.79 Å². The fraction of sp³-hybridized carbons (Fsp3) is 0.0400. The number of carbonyl (C=O) groups excluding carboxylic acids is 1. The summed E-state index contributed by atoms with van der Waals surface area (Å²) in [5.74, 6) is -0.315. The maximum Gasteiger partial charge on any atom is 0.260 e. The molecule has 0 atom stereocenters. The Hall–Kier alpha value is -5.50. The number of hydrogen-bond donors (Lipinski definition) is 2. The van der Waals surface area contributed by atoms with Gasteiger partial charge in [-0.1, -0.05) is 30.3 Å². The number of amides is 1. The third kappa shape index (κ3) is 4.22. The number of nitrogens with one attached hydrogen (secondary N) is 1. The van der Waals surface area contributed by atoms with E-state index in [1.165, 1.54) is 23.3 Å². The molecule has 0 spiro atoms. The summed E-state index contributed by atoms with van der Waals surface area (Å²) in [7, 11) is 0. The van der Waals surface area contributed by atoms with E-state index in [0.717, 1.165) is 5.69 Å². The highest BCUT2D eigenvalue weighted by Gasteiger charge is 2.20. The zero-order valence-corrected chi connectivity index (χ0v) is 18.9. The van der Waals surface area contributed by atoms with Gasteiger partial charge in [0.15, 0.2) is 11.6 Å². The topological polar surface area (TPSA) is 154 Å². The predicted octanol–water partition coefficient (Wildman–Crippen LogP) is 4.76. The number of aromatic hydroxyl groups is 1. The highest BCUT2D eigenvalue weighted by molar-refractivity contribution is 6.11. The third-order valence-electron chi connectivity index (χ3n) is 5.22. The molecule has 0 saturated heterocycles. The zero-order valence-electron chi connectivity index (χ0n) is 18.9. The van der Waals surface area contributed by atoms with E-state index in [1.54, 1.807) is 48.5 Å². The van der Waals surface area contributed by atoms with Crippen LogP contribution in [0.5, 0.6) is 5.75 Å². The van der Waals surface area contributed by atoms with Crippen molar-refractivity contribution in [1.82, 2.24) is 24.7 Å². The van der Waals surface area contributed by atoms with E-state index in [0.29, 0.717) is 16.6 Å². The second-order valence-electron chi connectivity index (χ2n) is 7.62. The van der Waals surface area contributed by atoms with Crippen molar-refractivity contribution < 1.29 is 9.90 Å². The molecule has 0 aliphatic heterocycles. The van der Waals surface area contributed by atoms with Crippen molar-refractivity contribution in [2.75, 3.05) is 5.32 Å². The van der Waals surface area contributed by atoms with Crippen LogP contribution in [-0.4, -0.2) is 35.7 Å². The first-order chi connectivity index (χ1) is 17.5. The van der Waals surface area contributed by atoms with E-state index in [4.69, 9.17) is 0 Å². The maximum atomic E-state index is 13.1. The van der Waals surface area contributed by atoms with Crippen LogP contribution in [0.2, 0.25) is 0 Å². The Kier molecular flexibility index (Phi) is 5.82. The van der Waals surface area contributed by atoms with Gasteiger partial charge in [-0.15, -0.1) is 10.2 Å². The summed E-state index contributed by atoms with van der Waals surface area (Å²) < 4.78 is 1.27. The van der Waals surface area contributed by atoms with E-state index < -0.39 is 5.91 Å². The quantitative estimate of drug-likeness (QED) is 0.347. The summed E-state index contributed by atoms with van der Waals surface area (Å²) in [6.45, 7) is 1.81. The first-order valence-corrected chi connectivity index (χ1v) is 10.7. The average Bonchev–Trinajstić information content (AvgIpc) is 3.31. The smallest absolute Gasteiger partial charge is 0.260 e. The van der Waals surface area contributed by atoms with Crippen LogP contribution in [0.25, 0.3) is 16.7 Å². The van der Waals surface area contributed by atoms with Crippen LogP contribution in [0.15, 0.2) is 83.4 Å². The number of benzene rings is 2. The zero-order chi connectivity index (χ0) is 25.1. The number of phenolic OH excluding ortho intramolecular Hbond substituents is 1. The van der Waals surface area contributed by atoms with Crippen molar-refractivity contribution in [3.8, 4) is 17.8 Å². The van der Waals surface area contributed by atoms with E-state index in [9.17, 15) is 15.2 Å². The molecule has 0 bridgehead atoms. The van der Waals surface area contributed by atoms with Crippen LogP contribution in [-0.2, 0) is 0 Å². The Labute approximate surface area is 204 Å². The van der Waals surface area contributed by atoms with Crippen LogP contribution < -0.4 is 5.32 Å². The number of carbonyl (C=O) groups is 1. The SMILES string of the molecule is Cc1cccc(NC(=O)c2cc3ccccc3c(/N=N/c3c(C#N)cnn3-c3ncccn3)c2O)n1. The highest BCUT2D eigenvalue weighted by Crippen LogP contribution is 2.40. The maximum absolute atomic E-state index is 13.1. The van der Waals surface area contributed by atoms with Crippen LogP contribution in [0.3, 0.4) is 0 Å². The molecule has 174 valence electrons. The molecule has 0 radical (unpaired) electrons. The van der Waals surface area contributed by atoms with Crippen LogP contribution in [0.1, 0.15) is 21.6 Å². The van der Waals surface area contributed by atoms with Crippen molar-refractivity contribution in [2.45, 2.75) is 6.92 Å². The van der Waals surface area contributed by atoms with Gasteiger partial charge < -0.3 is 10.4 Å². The van der Waals surface area contributed by atoms with Crippen molar-refractivity contribution in [2.24, 2.45) is 10.2 Å². The lowest BCUT2D eigenvalue weighted by molar-refractivity contribution is 0.102. The molecule has 36 heavy (non-hydrogen) atoms. The van der Waals surface area contributed by atoms with Gasteiger partial charge in [-0.25, -0.2) is 15.0 Å². The number of anilines is 1. The molecule has 3 heterocycles. The predicted molar refractivity (Wildman–Crippen MR) is 131 cm³/mol. The van der Waals surface area contributed by atoms with E-state index in [1.807, 2.05) is 19.1 Å². The molecule has 0 fully saturated rings. The van der Waals surface area contributed by atoms with E-state index >= 15 is 0 Å². The van der Waals surface area contributed by atoms with Crippen molar-refractivity contribution >= 4 is 34.0 Å². The van der Waals surface area contributed by atoms with Crippen molar-refractivity contribution in [1.29, 1.82) is 5.26 Å². The summed E-state index contributed by atoms with van der Waals surface area (Å²) >= 11 is 0. The lowest BCUT2D eigenvalue weighted by Gasteiger charge is -2.11. The van der Waals surface area contributed by atoms with Gasteiger partial charge in [0.25, 0.3) is 11.9 Å². The van der Waals surface area contributed by atoms with E-state index in [2.05, 4.69) is 35.6 Å². The van der Waals surface area contributed by atoms with Gasteiger partial charge in [0.1, 0.15) is 23.1 Å². The Morgan fingerprint density at radius 2 is 1.89 bits per heavy atom. The fourth-order valence-electron chi connectivity index (χ4n) is 3.55. The molecule has 0 saturated carbocycles. The fourth-order valence-corrected chi connectivity index (χ4v) is 3.55. The second-order valence-corrected chi connectivity index (χ2v) is 7.62. The lowest BCUT2D eigenvalue weighted by atomic mass is 10.0. The average molecular weight is 475 g/mol. The number of hydrogen-bond acceptors (Lipinski definition) is 9. The van der Waals surface area contributed by atoms with Crippen LogP contribution >= 0.6 is 0 Å². The van der Waals surface area contributed by atoms with Gasteiger partial charge in [-0.2, -0.15) is 15.0 Å². The molecular weight excluding hydrogens is 458 g/mol. The lowest BCUT2D eigenvalue weighted by Crippen LogP contribution is -2.13. The first-order valence-electron chi connectivity index (χ1n) is 10.7. The number of nitrogens with zero attached hydrogens (tertiary/aromatic N) is 8. The molecule has 0 unspecified atom stereocenters. The molecular formula is C25H17N9O2. The summed E-state index contributed by atoms with van der Waals surface area (Å²) in [5, 5.41) is 37.1. The molecule has 0 aliphatic rings. The minimum absolute atomic E-state index is 0.00800. The summed E-state index contributed by atoms with van der Waals surface area (Å²) in [6.07, 6.45) is 4.38. The van der Waals surface area contributed by atoms with Crippen molar-refractivity contribution in [3.63, 3.8) is 0 Å². The molecule has 2 N–H and O–H groups in total. The molecule has 11 nitrogen and oxygen atoms in total. The summed E-state index contributed by atoms with van der Waals surface area (Å²) in [4.78, 5) is 25.6. The third-order valence-corrected chi connectivity index (χ3v) is 5.22. The number of fused-ring (bicyclic) bond motifs is 1. The van der Waals surface area contributed by atoms with Gasteiger partial charge in [0, 0.05) is 23.5 Å². The standard InChI is InChI=1S/C25H17N9O2/c1-15-6-4-9-20(30-15)31-24(36)19-12-16-7-2-3-8-18(16)21(22(19)35)32-33-23-17(13-26)14-29-34(23)25-27-10-5-11-28-25/h2-12,14,35H,1H3,(H,30,31,36)/b33-32+. The number of nitriles is 1. The molecule has 2 aromatic carbocycles. The minimum Gasteiger partial charge on any atom is -0.505 e. The van der Waals surface area contributed by atoms with E-state index in [-0.39, 0.29) is 34.3 Å². The first kappa shape index (κ1) is 22.3. The van der Waals surface area contributed by atoms with Gasteiger partial charge in [0.05, 0.1) is 11.8 Å². The normalized spacial score (nSPS) is 11.0. The Morgan fingerprint density at radius 1 is 1.08 bits per heavy atom. The Morgan fingerprint density at radius 3 is 2.67 bits per heavy atom. The summed E-state index contributed by atoms with van der Waals surface area (Å²) in [6, 6.07) is 17.6. The number of aryl methyl sites for hydroxylation is 1. The molecule has 3 aromatic heterocycles. The second kappa shape index (κ2) is 9.40. The van der Waals surface area contributed by atoms with Crippen molar-refractivity contribution in [3.05, 3.63) is 90.0 Å². The number of azo groups is 1. The highest BCUT2D eigenvalue weighted by atomic mass is 16.3. The largest absolute Gasteiger partial charge is 0.505 e. The number of rotatable bonds is 5. The number of aromatic nitrogens is 5. The molecule has 5 rings (SSSR count). The van der Waals surface area contributed by atoms with Crippen LogP contribution in [0.4, 0.5) is 17.3 Å². The number of pyridine rings is 1. The molecule has 0 aliphatic carbocycles. The van der Waals surface area contributed by atoms with Gasteiger partial charge in [-0.05, 0) is 36.6 Å². The Bertz CT molecular complexity index is 1670. The molecule has 1 amide bonds. The van der Waals surface area contributed by atoms with Gasteiger partial charge >= 0.3 is 0 Å². The molecule has 11 heteroatoms. The summed E-state index contributed by atoms with van der Waals surface area (Å²) in [5.41, 5.74) is 0.916. The monoisotopic (exact) mass is 475 g/mol. The molecule has 5 aromatic rings. The van der Waals surface area contributed by atoms with Gasteiger partial charge in [0.2, 0.25) is 0 Å². The Balaban J connectivity index is 1.61. The minimum atomic E-state index is -0.562. The van der Waals surface area contributed by atoms with Crippen LogP contribution in [0, 0.1) is 18.3 Å².